The van der Waals surface area contributed by atoms with Crippen molar-refractivity contribution in [3.05, 3.63) is 4.91 Å². The summed E-state index contributed by atoms with van der Waals surface area (Å²) in [5.41, 5.74) is 0. The van der Waals surface area contributed by atoms with Gasteiger partial charge in [0.25, 0.3) is 0 Å². The molecule has 0 heterocycles. The van der Waals surface area contributed by atoms with Gasteiger partial charge in [-0.25, -0.2) is 5.01 Å². The third-order valence-corrected chi connectivity index (χ3v) is 1.41. The second-order valence-corrected chi connectivity index (χ2v) is 3.32. The number of nitriles is 1. The van der Waals surface area contributed by atoms with Crippen LogP contribution in [0.5, 0.6) is 0 Å². The Morgan fingerprint density at radius 3 is 2.45 bits per heavy atom. The molecular weight excluding hydrogens is 173 g/mol. The summed E-state index contributed by atoms with van der Waals surface area (Å²) in [5.74, 6) is 0. The van der Waals surface area contributed by atoms with Crippen LogP contribution in [-0.4, -0.2) is 27.6 Å². The molecule has 7 nitrogen and oxygen atoms in total. The molecular formula is C3H6N3O4P. The van der Waals surface area contributed by atoms with Gasteiger partial charge in [0.2, 0.25) is 0 Å². The van der Waals surface area contributed by atoms with Crippen LogP contribution >= 0.6 is 7.60 Å². The fourth-order valence-corrected chi connectivity index (χ4v) is 0.976. The topological polar surface area (TPSA) is 114 Å². The first-order chi connectivity index (χ1) is 4.99. The van der Waals surface area contributed by atoms with E-state index < -0.39 is 20.4 Å². The van der Waals surface area contributed by atoms with E-state index in [-0.39, 0.29) is 0 Å². The maximum Gasteiger partial charge on any atom is 0.346 e. The van der Waals surface area contributed by atoms with Crippen LogP contribution in [0.2, 0.25) is 0 Å². The van der Waals surface area contributed by atoms with Crippen LogP contribution in [0.15, 0.2) is 5.29 Å². The molecule has 0 aliphatic carbocycles. The minimum Gasteiger partial charge on any atom is -0.323 e. The molecule has 0 rings (SSSR count). The summed E-state index contributed by atoms with van der Waals surface area (Å²) >= 11 is 0. The average molecular weight is 179 g/mol. The van der Waals surface area contributed by atoms with E-state index in [1.54, 1.807) is 0 Å². The molecule has 0 saturated carbocycles. The Morgan fingerprint density at radius 1 is 1.64 bits per heavy atom. The molecule has 0 aliphatic heterocycles. The highest BCUT2D eigenvalue weighted by atomic mass is 31.2. The third-order valence-electron chi connectivity index (χ3n) is 0.716. The summed E-state index contributed by atoms with van der Waals surface area (Å²) in [5, 5.41) is 10.7. The lowest BCUT2D eigenvalue weighted by atomic mass is 10.7. The lowest BCUT2D eigenvalue weighted by molar-refractivity contribution is 0.304. The molecule has 11 heavy (non-hydrogen) atoms. The molecule has 0 atom stereocenters. The lowest BCUT2D eigenvalue weighted by Gasteiger charge is -2.10. The van der Waals surface area contributed by atoms with E-state index in [1.807, 2.05) is 0 Å². The fraction of sp³-hybridized carbons (Fsp3) is 0.667. The smallest absolute Gasteiger partial charge is 0.323 e. The van der Waals surface area contributed by atoms with Crippen molar-refractivity contribution in [3.8, 4) is 6.07 Å². The molecule has 0 spiro atoms. The summed E-state index contributed by atoms with van der Waals surface area (Å²) < 4.78 is 10.2. The maximum absolute atomic E-state index is 10.2. The van der Waals surface area contributed by atoms with Gasteiger partial charge in [-0.1, -0.05) is 0 Å². The van der Waals surface area contributed by atoms with Gasteiger partial charge in [0, 0.05) is 0 Å². The van der Waals surface area contributed by atoms with Crippen LogP contribution in [0.1, 0.15) is 0 Å². The minimum absolute atomic E-state index is 0.422. The lowest BCUT2D eigenvalue weighted by Crippen LogP contribution is -2.18. The molecule has 0 amide bonds. The molecule has 0 bridgehead atoms. The van der Waals surface area contributed by atoms with Crippen molar-refractivity contribution in [2.24, 2.45) is 5.29 Å². The molecule has 0 radical (unpaired) electrons. The quantitative estimate of drug-likeness (QED) is 0.263. The molecule has 8 heteroatoms. The number of rotatable bonds is 4. The van der Waals surface area contributed by atoms with Crippen LogP contribution in [-0.2, 0) is 4.57 Å². The average Bonchev–Trinajstić information content (AvgIpc) is 1.84. The molecule has 62 valence electrons. The zero-order chi connectivity index (χ0) is 8.91. The van der Waals surface area contributed by atoms with E-state index >= 15 is 0 Å². The highest BCUT2D eigenvalue weighted by molar-refractivity contribution is 7.51. The standard InChI is InChI=1S/C3H6N3O4P/c4-1-2-6(5-7)3-11(8,9)10/h2-3H2,(H2,8,9,10). The van der Waals surface area contributed by atoms with E-state index in [9.17, 15) is 9.47 Å². The normalized spacial score (nSPS) is 10.3. The highest BCUT2D eigenvalue weighted by Crippen LogP contribution is 2.34. The molecule has 0 fully saturated rings. The molecule has 2 N–H and O–H groups in total. The van der Waals surface area contributed by atoms with Crippen LogP contribution in [0.4, 0.5) is 0 Å². The van der Waals surface area contributed by atoms with Gasteiger partial charge in [0.05, 0.1) is 11.4 Å². The van der Waals surface area contributed by atoms with Crippen molar-refractivity contribution in [2.45, 2.75) is 0 Å². The van der Waals surface area contributed by atoms with Crippen LogP contribution in [0, 0.1) is 16.2 Å². The molecule has 0 aromatic rings. The Balaban J connectivity index is 4.01. The molecule has 0 unspecified atom stereocenters. The number of nitrogens with zero attached hydrogens (tertiary/aromatic N) is 3. The van der Waals surface area contributed by atoms with Gasteiger partial charge in [-0.05, 0) is 0 Å². The number of hydrogen-bond acceptors (Lipinski definition) is 4. The van der Waals surface area contributed by atoms with Crippen LogP contribution < -0.4 is 0 Å². The van der Waals surface area contributed by atoms with Crippen molar-refractivity contribution >= 4 is 7.60 Å². The van der Waals surface area contributed by atoms with E-state index in [0.717, 1.165) is 0 Å². The first kappa shape index (κ1) is 10.0. The zero-order valence-corrected chi connectivity index (χ0v) is 6.31. The third kappa shape index (κ3) is 5.48. The van der Waals surface area contributed by atoms with Gasteiger partial charge in [-0.15, -0.1) is 4.91 Å². The summed E-state index contributed by atoms with van der Waals surface area (Å²) in [6.07, 6.45) is -0.815. The molecule has 0 saturated heterocycles. The van der Waals surface area contributed by atoms with E-state index in [1.165, 1.54) is 6.07 Å². The van der Waals surface area contributed by atoms with Crippen LogP contribution in [0.25, 0.3) is 0 Å². The second-order valence-electron chi connectivity index (χ2n) is 1.71. The highest BCUT2D eigenvalue weighted by Gasteiger charge is 2.18. The first-order valence-electron chi connectivity index (χ1n) is 2.49. The van der Waals surface area contributed by atoms with Gasteiger partial charge < -0.3 is 9.79 Å². The van der Waals surface area contributed by atoms with Crippen molar-refractivity contribution < 1.29 is 14.4 Å². The Hall–Kier alpha value is -0.960. The van der Waals surface area contributed by atoms with Gasteiger partial charge in [-0.3, -0.25) is 4.57 Å². The summed E-state index contributed by atoms with van der Waals surface area (Å²) in [4.78, 5) is 26.4. The van der Waals surface area contributed by atoms with E-state index in [2.05, 4.69) is 5.29 Å². The van der Waals surface area contributed by atoms with Crippen LogP contribution in [0.3, 0.4) is 0 Å². The predicted octanol–water partition coefficient (Wildman–Crippen LogP) is -0.371. The number of hydrogen-bond donors (Lipinski definition) is 2. The van der Waals surface area contributed by atoms with Gasteiger partial charge >= 0.3 is 7.60 Å². The molecule has 0 aromatic carbocycles. The minimum atomic E-state index is -4.29. The number of nitroso groups, excluding NO2 is 1. The predicted molar refractivity (Wildman–Crippen MR) is 35.0 cm³/mol. The molecule has 0 aromatic heterocycles. The van der Waals surface area contributed by atoms with Gasteiger partial charge in [-0.2, -0.15) is 5.26 Å². The summed E-state index contributed by atoms with van der Waals surface area (Å²) in [6.45, 7) is -0.422. The Labute approximate surface area is 62.3 Å². The first-order valence-corrected chi connectivity index (χ1v) is 4.29. The van der Waals surface area contributed by atoms with Crippen molar-refractivity contribution in [3.63, 3.8) is 0 Å². The zero-order valence-electron chi connectivity index (χ0n) is 5.41. The van der Waals surface area contributed by atoms with E-state index in [4.69, 9.17) is 15.0 Å². The largest absolute Gasteiger partial charge is 0.346 e. The molecule has 0 aliphatic rings. The van der Waals surface area contributed by atoms with E-state index in [0.29, 0.717) is 5.01 Å². The van der Waals surface area contributed by atoms with Gasteiger partial charge in [0.15, 0.2) is 0 Å². The summed E-state index contributed by atoms with van der Waals surface area (Å²) in [6, 6.07) is 1.53. The Bertz CT molecular complexity index is 217. The monoisotopic (exact) mass is 179 g/mol. The SMILES string of the molecule is N#CCN(CP(=O)(O)O)N=O. The second kappa shape index (κ2) is 4.03. The fourth-order valence-electron chi connectivity index (χ4n) is 0.399. The van der Waals surface area contributed by atoms with Crippen molar-refractivity contribution in [1.82, 2.24) is 5.01 Å². The van der Waals surface area contributed by atoms with Crippen molar-refractivity contribution in [1.29, 1.82) is 5.26 Å². The maximum atomic E-state index is 10.2. The summed E-state index contributed by atoms with van der Waals surface area (Å²) in [7, 11) is -4.29. The Kier molecular flexibility index (Phi) is 3.68. The van der Waals surface area contributed by atoms with Crippen molar-refractivity contribution in [2.75, 3.05) is 12.8 Å². The van der Waals surface area contributed by atoms with Gasteiger partial charge in [0.1, 0.15) is 12.8 Å². The Morgan fingerprint density at radius 2 is 2.18 bits per heavy atom.